The summed E-state index contributed by atoms with van der Waals surface area (Å²) >= 11 is 0. The van der Waals surface area contributed by atoms with E-state index in [0.717, 1.165) is 31.6 Å². The molecule has 1 saturated carbocycles. The molecule has 0 bridgehead atoms. The number of carbonyl (C=O) groups is 1. The van der Waals surface area contributed by atoms with Crippen molar-refractivity contribution in [3.63, 3.8) is 0 Å². The molecule has 19 heavy (non-hydrogen) atoms. The third-order valence-corrected chi connectivity index (χ3v) is 4.09. The van der Waals surface area contributed by atoms with E-state index in [1.54, 1.807) is 12.1 Å². The first-order valence-corrected chi connectivity index (χ1v) is 6.93. The van der Waals surface area contributed by atoms with Gasteiger partial charge in [0.25, 0.3) is 0 Å². The molecular formula is C15H19FN2O. The predicted octanol–water partition coefficient (Wildman–Crippen LogP) is 1.75. The molecule has 1 aromatic rings. The predicted molar refractivity (Wildman–Crippen MR) is 71.3 cm³/mol. The Morgan fingerprint density at radius 1 is 1.37 bits per heavy atom. The fourth-order valence-corrected chi connectivity index (χ4v) is 2.91. The lowest BCUT2D eigenvalue weighted by atomic mass is 10.1. The highest BCUT2D eigenvalue weighted by Crippen LogP contribution is 2.48. The summed E-state index contributed by atoms with van der Waals surface area (Å²) < 4.78 is 12.9. The minimum Gasteiger partial charge on any atom is -0.340 e. The molecule has 3 nitrogen and oxygen atoms in total. The van der Waals surface area contributed by atoms with Gasteiger partial charge in [0.05, 0.1) is 0 Å². The van der Waals surface area contributed by atoms with Gasteiger partial charge in [0.2, 0.25) is 5.91 Å². The van der Waals surface area contributed by atoms with Crippen LogP contribution in [0.4, 0.5) is 4.39 Å². The van der Waals surface area contributed by atoms with Crippen molar-refractivity contribution >= 4 is 5.91 Å². The van der Waals surface area contributed by atoms with Crippen LogP contribution in [0.5, 0.6) is 0 Å². The molecule has 3 rings (SSSR count). The summed E-state index contributed by atoms with van der Waals surface area (Å²) in [6.07, 6.45) is 0.906. The second-order valence-corrected chi connectivity index (χ2v) is 5.64. The van der Waals surface area contributed by atoms with Crippen LogP contribution in [-0.2, 0) is 4.79 Å². The molecular weight excluding hydrogens is 243 g/mol. The van der Waals surface area contributed by atoms with Crippen molar-refractivity contribution < 1.29 is 9.18 Å². The summed E-state index contributed by atoms with van der Waals surface area (Å²) in [5, 5.41) is 3.34. The van der Waals surface area contributed by atoms with Crippen LogP contribution < -0.4 is 5.32 Å². The van der Waals surface area contributed by atoms with Crippen molar-refractivity contribution in [1.29, 1.82) is 0 Å². The van der Waals surface area contributed by atoms with Gasteiger partial charge in [-0.1, -0.05) is 12.1 Å². The molecule has 1 amide bonds. The number of piperazine rings is 1. The Hall–Kier alpha value is -1.42. The van der Waals surface area contributed by atoms with Crippen molar-refractivity contribution in [2.45, 2.75) is 25.3 Å². The standard InChI is InChI=1S/C15H19FN2O/c1-10-9-18(7-6-17-10)15(19)14-8-13(14)11-2-4-12(16)5-3-11/h2-5,10,13-14,17H,6-9H2,1H3. The maximum atomic E-state index is 12.9. The number of hydrogen-bond acceptors (Lipinski definition) is 2. The Labute approximate surface area is 112 Å². The molecule has 0 aromatic heterocycles. The molecule has 1 N–H and O–H groups in total. The molecule has 0 radical (unpaired) electrons. The molecule has 102 valence electrons. The number of hydrogen-bond donors (Lipinski definition) is 1. The lowest BCUT2D eigenvalue weighted by Gasteiger charge is -2.32. The van der Waals surface area contributed by atoms with Gasteiger partial charge in [-0.2, -0.15) is 0 Å². The number of benzene rings is 1. The largest absolute Gasteiger partial charge is 0.340 e. The van der Waals surface area contributed by atoms with E-state index in [2.05, 4.69) is 12.2 Å². The normalized spacial score (nSPS) is 30.2. The van der Waals surface area contributed by atoms with E-state index in [4.69, 9.17) is 0 Å². The molecule has 1 heterocycles. The van der Waals surface area contributed by atoms with Crippen LogP contribution in [0.1, 0.15) is 24.8 Å². The van der Waals surface area contributed by atoms with Crippen LogP contribution in [0.25, 0.3) is 0 Å². The Kier molecular flexibility index (Phi) is 3.27. The molecule has 3 unspecified atom stereocenters. The topological polar surface area (TPSA) is 32.3 Å². The molecule has 1 saturated heterocycles. The molecule has 0 spiro atoms. The van der Waals surface area contributed by atoms with E-state index in [9.17, 15) is 9.18 Å². The second kappa shape index (κ2) is 4.93. The Balaban J connectivity index is 1.62. The fraction of sp³-hybridized carbons (Fsp3) is 0.533. The molecule has 1 aromatic carbocycles. The van der Waals surface area contributed by atoms with Gasteiger partial charge < -0.3 is 10.2 Å². The minimum atomic E-state index is -0.219. The molecule has 1 aliphatic heterocycles. The maximum absolute atomic E-state index is 12.9. The van der Waals surface area contributed by atoms with Gasteiger partial charge in [0.1, 0.15) is 5.82 Å². The monoisotopic (exact) mass is 262 g/mol. The van der Waals surface area contributed by atoms with E-state index >= 15 is 0 Å². The van der Waals surface area contributed by atoms with Crippen LogP contribution in [0, 0.1) is 11.7 Å². The molecule has 1 aliphatic carbocycles. The van der Waals surface area contributed by atoms with E-state index in [0.29, 0.717) is 12.0 Å². The van der Waals surface area contributed by atoms with Gasteiger partial charge in [-0.3, -0.25) is 4.79 Å². The van der Waals surface area contributed by atoms with Crippen LogP contribution >= 0.6 is 0 Å². The van der Waals surface area contributed by atoms with Crippen molar-refractivity contribution in [3.8, 4) is 0 Å². The Morgan fingerprint density at radius 2 is 2.11 bits per heavy atom. The number of nitrogens with one attached hydrogen (secondary N) is 1. The highest BCUT2D eigenvalue weighted by atomic mass is 19.1. The highest BCUT2D eigenvalue weighted by molar-refractivity contribution is 5.83. The number of nitrogens with zero attached hydrogens (tertiary/aromatic N) is 1. The van der Waals surface area contributed by atoms with Gasteiger partial charge in [-0.25, -0.2) is 4.39 Å². The maximum Gasteiger partial charge on any atom is 0.226 e. The van der Waals surface area contributed by atoms with Gasteiger partial charge >= 0.3 is 0 Å². The summed E-state index contributed by atoms with van der Waals surface area (Å²) in [4.78, 5) is 14.3. The Bertz CT molecular complexity index is 474. The molecule has 2 aliphatic rings. The zero-order valence-electron chi connectivity index (χ0n) is 11.1. The number of halogens is 1. The zero-order valence-corrected chi connectivity index (χ0v) is 11.1. The summed E-state index contributed by atoms with van der Waals surface area (Å²) in [7, 11) is 0. The fourth-order valence-electron chi connectivity index (χ4n) is 2.91. The first-order chi connectivity index (χ1) is 9.15. The Morgan fingerprint density at radius 3 is 2.79 bits per heavy atom. The second-order valence-electron chi connectivity index (χ2n) is 5.64. The summed E-state index contributed by atoms with van der Waals surface area (Å²) in [5.74, 6) is 0.444. The smallest absolute Gasteiger partial charge is 0.226 e. The zero-order chi connectivity index (χ0) is 13.4. The van der Waals surface area contributed by atoms with Crippen LogP contribution in [0.2, 0.25) is 0 Å². The SMILES string of the molecule is CC1CN(C(=O)C2CC2c2ccc(F)cc2)CCN1. The number of rotatable bonds is 2. The van der Waals surface area contributed by atoms with Crippen molar-refractivity contribution in [1.82, 2.24) is 10.2 Å². The van der Waals surface area contributed by atoms with Gasteiger partial charge in [-0.15, -0.1) is 0 Å². The summed E-state index contributed by atoms with van der Waals surface area (Å²) in [6.45, 7) is 4.58. The highest BCUT2D eigenvalue weighted by Gasteiger charge is 2.46. The summed E-state index contributed by atoms with van der Waals surface area (Å²) in [6, 6.07) is 6.92. The van der Waals surface area contributed by atoms with Crippen LogP contribution in [-0.4, -0.2) is 36.5 Å². The number of amides is 1. The van der Waals surface area contributed by atoms with Crippen LogP contribution in [0.3, 0.4) is 0 Å². The molecule has 3 atom stereocenters. The van der Waals surface area contributed by atoms with E-state index < -0.39 is 0 Å². The van der Waals surface area contributed by atoms with Gasteiger partial charge in [-0.05, 0) is 37.0 Å². The van der Waals surface area contributed by atoms with E-state index in [1.165, 1.54) is 12.1 Å². The van der Waals surface area contributed by atoms with Crippen molar-refractivity contribution in [2.24, 2.45) is 5.92 Å². The lowest BCUT2D eigenvalue weighted by molar-refractivity contribution is -0.133. The minimum absolute atomic E-state index is 0.107. The van der Waals surface area contributed by atoms with E-state index in [-0.39, 0.29) is 17.6 Å². The molecule has 4 heteroatoms. The molecule has 2 fully saturated rings. The third kappa shape index (κ3) is 2.63. The average molecular weight is 262 g/mol. The van der Waals surface area contributed by atoms with Gasteiger partial charge in [0, 0.05) is 31.6 Å². The first-order valence-electron chi connectivity index (χ1n) is 6.93. The van der Waals surface area contributed by atoms with Crippen molar-refractivity contribution in [2.75, 3.05) is 19.6 Å². The summed E-state index contributed by atoms with van der Waals surface area (Å²) in [5.41, 5.74) is 1.09. The van der Waals surface area contributed by atoms with Gasteiger partial charge in [0.15, 0.2) is 0 Å². The van der Waals surface area contributed by atoms with E-state index in [1.807, 2.05) is 4.90 Å². The lowest BCUT2D eigenvalue weighted by Crippen LogP contribution is -2.51. The quantitative estimate of drug-likeness (QED) is 0.880. The van der Waals surface area contributed by atoms with Crippen LogP contribution in [0.15, 0.2) is 24.3 Å². The van der Waals surface area contributed by atoms with Crippen molar-refractivity contribution in [3.05, 3.63) is 35.6 Å². The number of carbonyl (C=O) groups excluding carboxylic acids is 1. The first kappa shape index (κ1) is 12.6. The average Bonchev–Trinajstić information content (AvgIpc) is 3.19. The third-order valence-electron chi connectivity index (χ3n) is 4.09.